The smallest absolute Gasteiger partial charge is 0.233 e. The molecular formula is C13H24N2OS. The highest BCUT2D eigenvalue weighted by atomic mass is 32.1. The molecular weight excluding hydrogens is 232 g/mol. The molecule has 0 heterocycles. The van der Waals surface area contributed by atoms with E-state index in [1.54, 1.807) is 0 Å². The minimum absolute atomic E-state index is 0.0153. The van der Waals surface area contributed by atoms with Crippen LogP contribution in [0.4, 0.5) is 0 Å². The first-order chi connectivity index (χ1) is 7.73. The van der Waals surface area contributed by atoms with Gasteiger partial charge in [-0.1, -0.05) is 32.5 Å². The van der Waals surface area contributed by atoms with E-state index < -0.39 is 5.41 Å². The summed E-state index contributed by atoms with van der Waals surface area (Å²) in [5, 5.41) is 3.10. The van der Waals surface area contributed by atoms with Crippen molar-refractivity contribution in [2.24, 2.45) is 17.1 Å². The van der Waals surface area contributed by atoms with Crippen LogP contribution in [0.5, 0.6) is 0 Å². The molecule has 17 heavy (non-hydrogen) atoms. The molecule has 0 aromatic heterocycles. The molecule has 0 unspecified atom stereocenters. The lowest BCUT2D eigenvalue weighted by molar-refractivity contribution is -0.134. The Labute approximate surface area is 110 Å². The first kappa shape index (κ1) is 14.4. The van der Waals surface area contributed by atoms with Crippen LogP contribution in [0.15, 0.2) is 0 Å². The molecule has 1 aliphatic rings. The molecule has 98 valence electrons. The number of thiocarbonyl (C=S) groups is 1. The van der Waals surface area contributed by atoms with Crippen molar-refractivity contribution in [1.29, 1.82) is 0 Å². The summed E-state index contributed by atoms with van der Waals surface area (Å²) in [5.74, 6) is 0.554. The lowest BCUT2D eigenvalue weighted by Crippen LogP contribution is -2.59. The number of carbonyl (C=O) groups is 1. The molecule has 1 aliphatic carbocycles. The Bertz CT molecular complexity index is 319. The average Bonchev–Trinajstić information content (AvgIpc) is 2.10. The Morgan fingerprint density at radius 1 is 1.53 bits per heavy atom. The number of hydrogen-bond donors (Lipinski definition) is 2. The van der Waals surface area contributed by atoms with E-state index in [-0.39, 0.29) is 11.4 Å². The van der Waals surface area contributed by atoms with E-state index >= 15 is 0 Å². The monoisotopic (exact) mass is 256 g/mol. The fourth-order valence-electron chi connectivity index (χ4n) is 2.74. The van der Waals surface area contributed by atoms with Gasteiger partial charge in [-0.3, -0.25) is 4.79 Å². The fraction of sp³-hybridized carbons (Fsp3) is 0.846. The topological polar surface area (TPSA) is 55.1 Å². The normalized spacial score (nSPS) is 28.4. The van der Waals surface area contributed by atoms with Crippen LogP contribution in [0.1, 0.15) is 53.4 Å². The Kier molecular flexibility index (Phi) is 4.18. The van der Waals surface area contributed by atoms with E-state index in [1.807, 2.05) is 13.8 Å². The second-order valence-corrected chi connectivity index (χ2v) is 6.49. The van der Waals surface area contributed by atoms with Gasteiger partial charge in [-0.05, 0) is 39.0 Å². The molecule has 3 N–H and O–H groups in total. The highest BCUT2D eigenvalue weighted by Gasteiger charge is 2.51. The number of hydrogen-bond acceptors (Lipinski definition) is 2. The van der Waals surface area contributed by atoms with E-state index in [0.29, 0.717) is 10.9 Å². The Morgan fingerprint density at radius 3 is 2.41 bits per heavy atom. The number of carbonyl (C=O) groups excluding carboxylic acids is 1. The minimum atomic E-state index is -0.584. The van der Waals surface area contributed by atoms with Crippen molar-refractivity contribution >= 4 is 23.1 Å². The van der Waals surface area contributed by atoms with Crippen LogP contribution in [-0.4, -0.2) is 16.4 Å². The van der Waals surface area contributed by atoms with E-state index in [0.717, 1.165) is 25.7 Å². The summed E-state index contributed by atoms with van der Waals surface area (Å²) in [6, 6.07) is 0. The van der Waals surface area contributed by atoms with Crippen molar-refractivity contribution in [3.8, 4) is 0 Å². The fourth-order valence-corrected chi connectivity index (χ4v) is 3.00. The van der Waals surface area contributed by atoms with Gasteiger partial charge in [0.1, 0.15) is 0 Å². The van der Waals surface area contributed by atoms with Crippen molar-refractivity contribution in [2.45, 2.75) is 58.9 Å². The van der Waals surface area contributed by atoms with Crippen LogP contribution < -0.4 is 11.1 Å². The third-order valence-corrected chi connectivity index (χ3v) is 4.02. The largest absolute Gasteiger partial charge is 0.392 e. The van der Waals surface area contributed by atoms with Crippen LogP contribution in [0, 0.1) is 11.3 Å². The third kappa shape index (κ3) is 2.97. The summed E-state index contributed by atoms with van der Waals surface area (Å²) in [6.07, 6.45) is 3.58. The van der Waals surface area contributed by atoms with Crippen molar-refractivity contribution in [2.75, 3.05) is 0 Å². The molecule has 0 aromatic carbocycles. The third-order valence-electron chi connectivity index (χ3n) is 3.63. The number of amides is 1. The molecule has 0 spiro atoms. The van der Waals surface area contributed by atoms with E-state index in [9.17, 15) is 4.79 Å². The molecule has 0 aliphatic heterocycles. The second kappa shape index (κ2) is 4.92. The Balaban J connectivity index is 2.72. The maximum Gasteiger partial charge on any atom is 0.233 e. The molecule has 1 fully saturated rings. The predicted octanol–water partition coefficient (Wildman–Crippen LogP) is 2.38. The highest BCUT2D eigenvalue weighted by molar-refractivity contribution is 7.80. The van der Waals surface area contributed by atoms with Crippen LogP contribution in [0.25, 0.3) is 0 Å². The van der Waals surface area contributed by atoms with Gasteiger partial charge in [-0.25, -0.2) is 0 Å². The van der Waals surface area contributed by atoms with Crippen LogP contribution in [0.3, 0.4) is 0 Å². The second-order valence-electron chi connectivity index (χ2n) is 6.05. The lowest BCUT2D eigenvalue weighted by atomic mass is 9.61. The number of rotatable bonds is 5. The summed E-state index contributed by atoms with van der Waals surface area (Å²) >= 11 is 5.08. The number of nitrogens with two attached hydrogens (primary N) is 1. The molecule has 1 saturated carbocycles. The van der Waals surface area contributed by atoms with E-state index in [4.69, 9.17) is 18.0 Å². The summed E-state index contributed by atoms with van der Waals surface area (Å²) in [7, 11) is 0. The molecule has 1 rings (SSSR count). The predicted molar refractivity (Wildman–Crippen MR) is 74.7 cm³/mol. The Morgan fingerprint density at radius 2 is 2.06 bits per heavy atom. The Hall–Kier alpha value is -0.640. The van der Waals surface area contributed by atoms with Crippen molar-refractivity contribution in [3.63, 3.8) is 0 Å². The quantitative estimate of drug-likeness (QED) is 0.743. The van der Waals surface area contributed by atoms with Gasteiger partial charge in [0.05, 0.1) is 10.4 Å². The van der Waals surface area contributed by atoms with Crippen molar-refractivity contribution in [1.82, 2.24) is 5.32 Å². The first-order valence-corrected chi connectivity index (χ1v) is 6.77. The van der Waals surface area contributed by atoms with Crippen molar-refractivity contribution in [3.05, 3.63) is 0 Å². The minimum Gasteiger partial charge on any atom is -0.392 e. The molecule has 0 bridgehead atoms. The van der Waals surface area contributed by atoms with E-state index in [2.05, 4.69) is 19.2 Å². The maximum absolute atomic E-state index is 12.3. The zero-order valence-electron chi connectivity index (χ0n) is 11.3. The van der Waals surface area contributed by atoms with Gasteiger partial charge in [0, 0.05) is 5.54 Å². The first-order valence-electron chi connectivity index (χ1n) is 6.36. The summed E-state index contributed by atoms with van der Waals surface area (Å²) in [6.45, 7) is 8.33. The van der Waals surface area contributed by atoms with E-state index in [1.165, 1.54) is 0 Å². The molecule has 3 nitrogen and oxygen atoms in total. The zero-order valence-corrected chi connectivity index (χ0v) is 12.1. The molecule has 1 amide bonds. The van der Waals surface area contributed by atoms with Gasteiger partial charge < -0.3 is 11.1 Å². The molecule has 0 atom stereocenters. The van der Waals surface area contributed by atoms with Gasteiger partial charge >= 0.3 is 0 Å². The van der Waals surface area contributed by atoms with Gasteiger partial charge in [0.15, 0.2) is 0 Å². The molecule has 0 aromatic rings. The maximum atomic E-state index is 12.3. The van der Waals surface area contributed by atoms with Gasteiger partial charge in [-0.2, -0.15) is 0 Å². The lowest BCUT2D eigenvalue weighted by Gasteiger charge is -2.45. The van der Waals surface area contributed by atoms with Crippen LogP contribution >= 0.6 is 12.2 Å². The standard InChI is InChI=1S/C13H24N2OS/c1-5-6-12(3,4)15-11(16)13(10(14)17)7-9(2)8-13/h9H,5-8H2,1-4H3,(H2,14,17)(H,15,16). The van der Waals surface area contributed by atoms with Crippen molar-refractivity contribution < 1.29 is 4.79 Å². The van der Waals surface area contributed by atoms with Crippen LogP contribution in [-0.2, 0) is 4.79 Å². The summed E-state index contributed by atoms with van der Waals surface area (Å²) < 4.78 is 0. The average molecular weight is 256 g/mol. The molecule has 0 saturated heterocycles. The molecule has 0 radical (unpaired) electrons. The number of nitrogens with one attached hydrogen (secondary N) is 1. The zero-order chi connectivity index (χ0) is 13.3. The summed E-state index contributed by atoms with van der Waals surface area (Å²) in [5.41, 5.74) is 5.00. The van der Waals surface area contributed by atoms with Gasteiger partial charge in [-0.15, -0.1) is 0 Å². The molecule has 4 heteroatoms. The summed E-state index contributed by atoms with van der Waals surface area (Å²) in [4.78, 5) is 12.7. The van der Waals surface area contributed by atoms with Gasteiger partial charge in [0.25, 0.3) is 0 Å². The van der Waals surface area contributed by atoms with Gasteiger partial charge in [0.2, 0.25) is 5.91 Å². The van der Waals surface area contributed by atoms with Crippen LogP contribution in [0.2, 0.25) is 0 Å². The highest BCUT2D eigenvalue weighted by Crippen LogP contribution is 2.46. The SMILES string of the molecule is CCCC(C)(C)NC(=O)C1(C(N)=S)CC(C)C1.